The fourth-order valence-electron chi connectivity index (χ4n) is 2.68. The van der Waals surface area contributed by atoms with Crippen LogP contribution < -0.4 is 9.47 Å². The molecular weight excluding hydrogens is 361 g/mol. The van der Waals surface area contributed by atoms with Gasteiger partial charge in [-0.25, -0.2) is 0 Å². The van der Waals surface area contributed by atoms with E-state index in [0.29, 0.717) is 45.8 Å². The first-order chi connectivity index (χ1) is 12.0. The normalized spacial score (nSPS) is 10.5. The number of halogens is 2. The van der Waals surface area contributed by atoms with Gasteiger partial charge in [0.15, 0.2) is 11.5 Å². The van der Waals surface area contributed by atoms with Gasteiger partial charge in [0.2, 0.25) is 0 Å². The third kappa shape index (κ3) is 3.86. The Morgan fingerprint density at radius 1 is 1.00 bits per heavy atom. The van der Waals surface area contributed by atoms with Crippen molar-refractivity contribution in [3.63, 3.8) is 0 Å². The highest BCUT2D eigenvalue weighted by Gasteiger charge is 2.22. The summed E-state index contributed by atoms with van der Waals surface area (Å²) in [6.07, 6.45) is 0. The first-order valence-electron chi connectivity index (χ1n) is 7.98. The predicted molar refractivity (Wildman–Crippen MR) is 102 cm³/mol. The number of carbonyl (C=O) groups excluding carboxylic acids is 1. The maximum atomic E-state index is 12.9. The second-order valence-corrected chi connectivity index (χ2v) is 6.12. The van der Waals surface area contributed by atoms with Gasteiger partial charge in [0, 0.05) is 24.2 Å². The zero-order valence-electron chi connectivity index (χ0n) is 14.7. The van der Waals surface area contributed by atoms with Crippen LogP contribution >= 0.6 is 23.2 Å². The first kappa shape index (κ1) is 19.4. The SMILES string of the molecule is CCN(CC)C(=O)c1ccc(Cl)c(Cl)c1-c1ccc(OC)c(OC)c1. The Bertz CT molecular complexity index is 774. The van der Waals surface area contributed by atoms with Crippen molar-refractivity contribution in [2.45, 2.75) is 13.8 Å². The highest BCUT2D eigenvalue weighted by molar-refractivity contribution is 6.44. The van der Waals surface area contributed by atoms with Gasteiger partial charge < -0.3 is 14.4 Å². The van der Waals surface area contributed by atoms with Gasteiger partial charge in [-0.05, 0) is 43.7 Å². The lowest BCUT2D eigenvalue weighted by Crippen LogP contribution is -2.30. The second-order valence-electron chi connectivity index (χ2n) is 5.33. The van der Waals surface area contributed by atoms with Crippen LogP contribution in [0.25, 0.3) is 11.1 Å². The fraction of sp³-hybridized carbons (Fsp3) is 0.316. The molecule has 0 aromatic heterocycles. The molecule has 134 valence electrons. The van der Waals surface area contributed by atoms with Crippen LogP contribution in [-0.2, 0) is 0 Å². The van der Waals surface area contributed by atoms with Gasteiger partial charge >= 0.3 is 0 Å². The standard InChI is InChI=1S/C19H21Cl2NO3/c1-5-22(6-2)19(23)13-8-9-14(20)18(21)17(13)12-7-10-15(24-3)16(11-12)25-4/h7-11H,5-6H2,1-4H3. The second kappa shape index (κ2) is 8.45. The molecule has 0 N–H and O–H groups in total. The van der Waals surface area contributed by atoms with Gasteiger partial charge in [-0.2, -0.15) is 0 Å². The number of nitrogens with zero attached hydrogens (tertiary/aromatic N) is 1. The molecule has 0 fully saturated rings. The Morgan fingerprint density at radius 2 is 1.64 bits per heavy atom. The predicted octanol–water partition coefficient (Wildman–Crippen LogP) is 5.16. The average molecular weight is 382 g/mol. The van der Waals surface area contributed by atoms with Crippen LogP contribution in [0.4, 0.5) is 0 Å². The minimum atomic E-state index is -0.0895. The molecule has 0 spiro atoms. The molecule has 0 aliphatic carbocycles. The van der Waals surface area contributed by atoms with Crippen molar-refractivity contribution in [3.8, 4) is 22.6 Å². The lowest BCUT2D eigenvalue weighted by molar-refractivity contribution is 0.0774. The molecule has 0 saturated heterocycles. The number of benzene rings is 2. The third-order valence-electron chi connectivity index (χ3n) is 4.05. The minimum Gasteiger partial charge on any atom is -0.493 e. The summed E-state index contributed by atoms with van der Waals surface area (Å²) in [5, 5.41) is 0.731. The smallest absolute Gasteiger partial charge is 0.254 e. The summed E-state index contributed by atoms with van der Waals surface area (Å²) < 4.78 is 10.6. The molecule has 0 unspecified atom stereocenters. The van der Waals surface area contributed by atoms with Crippen LogP contribution in [-0.4, -0.2) is 38.1 Å². The maximum absolute atomic E-state index is 12.9. The number of rotatable bonds is 6. The van der Waals surface area contributed by atoms with Crippen molar-refractivity contribution in [2.24, 2.45) is 0 Å². The van der Waals surface area contributed by atoms with Gasteiger partial charge in [-0.1, -0.05) is 29.3 Å². The Kier molecular flexibility index (Phi) is 6.57. The van der Waals surface area contributed by atoms with Gasteiger partial charge in [0.25, 0.3) is 5.91 Å². The number of hydrogen-bond donors (Lipinski definition) is 0. The molecule has 4 nitrogen and oxygen atoms in total. The highest BCUT2D eigenvalue weighted by atomic mass is 35.5. The lowest BCUT2D eigenvalue weighted by Gasteiger charge is -2.21. The molecule has 2 aromatic rings. The number of methoxy groups -OCH3 is 2. The molecule has 25 heavy (non-hydrogen) atoms. The number of ether oxygens (including phenoxy) is 2. The van der Waals surface area contributed by atoms with Crippen molar-refractivity contribution >= 4 is 29.1 Å². The van der Waals surface area contributed by atoms with Crippen molar-refractivity contribution in [3.05, 3.63) is 45.9 Å². The first-order valence-corrected chi connectivity index (χ1v) is 8.73. The zero-order chi connectivity index (χ0) is 18.6. The van der Waals surface area contributed by atoms with Crippen LogP contribution in [0.15, 0.2) is 30.3 Å². The summed E-state index contributed by atoms with van der Waals surface area (Å²) in [5.74, 6) is 1.06. The average Bonchev–Trinajstić information content (AvgIpc) is 2.64. The lowest BCUT2D eigenvalue weighted by atomic mass is 9.98. The summed E-state index contributed by atoms with van der Waals surface area (Å²) >= 11 is 12.7. The van der Waals surface area contributed by atoms with Gasteiger partial charge in [0.05, 0.1) is 24.3 Å². The molecule has 6 heteroatoms. The summed E-state index contributed by atoms with van der Waals surface area (Å²) in [6, 6.07) is 8.75. The van der Waals surface area contributed by atoms with E-state index in [2.05, 4.69) is 0 Å². The molecule has 1 amide bonds. The third-order valence-corrected chi connectivity index (χ3v) is 4.85. The van der Waals surface area contributed by atoms with Crippen LogP contribution in [0.1, 0.15) is 24.2 Å². The van der Waals surface area contributed by atoms with E-state index in [-0.39, 0.29) is 5.91 Å². The fourth-order valence-corrected chi connectivity index (χ4v) is 3.12. The van der Waals surface area contributed by atoms with Gasteiger partial charge in [0.1, 0.15) is 0 Å². The van der Waals surface area contributed by atoms with Gasteiger partial charge in [-0.3, -0.25) is 4.79 Å². The van der Waals surface area contributed by atoms with Crippen LogP contribution in [0, 0.1) is 0 Å². The van der Waals surface area contributed by atoms with E-state index in [4.69, 9.17) is 32.7 Å². The molecular formula is C19H21Cl2NO3. The summed E-state index contributed by atoms with van der Waals surface area (Å²) in [4.78, 5) is 14.7. The van der Waals surface area contributed by atoms with E-state index in [1.165, 1.54) is 0 Å². The van der Waals surface area contributed by atoms with E-state index in [9.17, 15) is 4.79 Å². The molecule has 2 aromatic carbocycles. The Morgan fingerprint density at radius 3 is 2.20 bits per heavy atom. The van der Waals surface area contributed by atoms with E-state index >= 15 is 0 Å². The zero-order valence-corrected chi connectivity index (χ0v) is 16.2. The number of amides is 1. The largest absolute Gasteiger partial charge is 0.493 e. The minimum absolute atomic E-state index is 0.0895. The molecule has 0 aliphatic rings. The summed E-state index contributed by atoms with van der Waals surface area (Å²) in [7, 11) is 3.13. The van der Waals surface area contributed by atoms with Crippen molar-refractivity contribution in [2.75, 3.05) is 27.3 Å². The quantitative estimate of drug-likeness (QED) is 0.693. The molecule has 0 atom stereocenters. The van der Waals surface area contributed by atoms with Gasteiger partial charge in [-0.15, -0.1) is 0 Å². The Hall–Kier alpha value is -1.91. The molecule has 0 radical (unpaired) electrons. The van der Waals surface area contributed by atoms with Crippen LogP contribution in [0.2, 0.25) is 10.0 Å². The van der Waals surface area contributed by atoms with Crippen molar-refractivity contribution in [1.82, 2.24) is 4.90 Å². The topological polar surface area (TPSA) is 38.8 Å². The van der Waals surface area contributed by atoms with E-state index in [1.54, 1.807) is 43.4 Å². The summed E-state index contributed by atoms with van der Waals surface area (Å²) in [5.41, 5.74) is 1.83. The molecule has 2 rings (SSSR count). The Labute approximate surface area is 158 Å². The monoisotopic (exact) mass is 381 g/mol. The molecule has 0 saturated carbocycles. The van der Waals surface area contributed by atoms with Crippen LogP contribution in [0.5, 0.6) is 11.5 Å². The molecule has 0 heterocycles. The van der Waals surface area contributed by atoms with E-state index in [0.717, 1.165) is 5.56 Å². The van der Waals surface area contributed by atoms with Crippen LogP contribution in [0.3, 0.4) is 0 Å². The molecule has 0 bridgehead atoms. The van der Waals surface area contributed by atoms with E-state index in [1.807, 2.05) is 19.9 Å². The van der Waals surface area contributed by atoms with Crippen molar-refractivity contribution in [1.29, 1.82) is 0 Å². The Balaban J connectivity index is 2.68. The maximum Gasteiger partial charge on any atom is 0.254 e. The molecule has 0 aliphatic heterocycles. The number of hydrogen-bond acceptors (Lipinski definition) is 3. The number of carbonyl (C=O) groups is 1. The summed E-state index contributed by atoms with van der Waals surface area (Å²) in [6.45, 7) is 5.10. The highest BCUT2D eigenvalue weighted by Crippen LogP contribution is 2.40. The van der Waals surface area contributed by atoms with Crippen molar-refractivity contribution < 1.29 is 14.3 Å². The van der Waals surface area contributed by atoms with E-state index < -0.39 is 0 Å².